The number of nitro groups is 1. The predicted octanol–water partition coefficient (Wildman–Crippen LogP) is 3.42. The largest absolute Gasteiger partial charge is 0.454 e. The summed E-state index contributed by atoms with van der Waals surface area (Å²) in [4.78, 5) is 34.7. The fourth-order valence-corrected chi connectivity index (χ4v) is 2.53. The first-order valence-corrected chi connectivity index (χ1v) is 8.65. The fourth-order valence-electron chi connectivity index (χ4n) is 2.36. The number of nitrogens with zero attached hydrogens (tertiary/aromatic N) is 4. The summed E-state index contributed by atoms with van der Waals surface area (Å²) in [6, 6.07) is 11.2. The van der Waals surface area contributed by atoms with Gasteiger partial charge in [-0.25, -0.2) is 4.79 Å². The topological polar surface area (TPSA) is 146 Å². The number of nitrogens with two attached hydrogens (primary N) is 1. The van der Waals surface area contributed by atoms with E-state index in [9.17, 15) is 14.9 Å². The number of hydrogen-bond donors (Lipinski definition) is 2. The zero-order valence-corrected chi connectivity index (χ0v) is 15.9. The fraction of sp³-hybridized carbons (Fsp3) is 0.111. The Labute approximate surface area is 169 Å². The molecule has 2 aromatic carbocycles. The maximum atomic E-state index is 12.3. The van der Waals surface area contributed by atoms with Crippen LogP contribution in [-0.4, -0.2) is 25.8 Å². The van der Waals surface area contributed by atoms with E-state index >= 15 is 0 Å². The molecule has 1 heterocycles. The van der Waals surface area contributed by atoms with Crippen molar-refractivity contribution in [1.82, 2.24) is 15.0 Å². The number of aryl methyl sites for hydroxylation is 1. The zero-order chi connectivity index (χ0) is 21.0. The van der Waals surface area contributed by atoms with Crippen LogP contribution in [0.25, 0.3) is 0 Å². The number of benzene rings is 2. The molecule has 3 aromatic rings. The number of nitro benzene ring substituents is 1. The van der Waals surface area contributed by atoms with Crippen molar-refractivity contribution in [2.75, 3.05) is 11.1 Å². The van der Waals surface area contributed by atoms with Crippen LogP contribution >= 0.6 is 11.6 Å². The third-order valence-corrected chi connectivity index (χ3v) is 3.95. The number of nitrogens with one attached hydrogen (secondary N) is 1. The Morgan fingerprint density at radius 2 is 1.93 bits per heavy atom. The Balaban J connectivity index is 1.74. The second-order valence-electron chi connectivity index (χ2n) is 5.92. The molecule has 0 saturated carbocycles. The van der Waals surface area contributed by atoms with Gasteiger partial charge in [0.15, 0.2) is 12.4 Å². The maximum Gasteiger partial charge on any atom is 0.345 e. The second-order valence-corrected chi connectivity index (χ2v) is 6.36. The summed E-state index contributed by atoms with van der Waals surface area (Å²) < 4.78 is 5.10. The van der Waals surface area contributed by atoms with Gasteiger partial charge in [0.1, 0.15) is 5.56 Å². The van der Waals surface area contributed by atoms with Crippen molar-refractivity contribution in [2.45, 2.75) is 13.5 Å². The van der Waals surface area contributed by atoms with E-state index in [1.807, 2.05) is 31.2 Å². The number of rotatable bonds is 6. The Morgan fingerprint density at radius 1 is 1.21 bits per heavy atom. The molecule has 148 valence electrons. The van der Waals surface area contributed by atoms with Crippen LogP contribution in [0.4, 0.5) is 23.3 Å². The second kappa shape index (κ2) is 8.48. The van der Waals surface area contributed by atoms with Crippen molar-refractivity contribution in [1.29, 1.82) is 0 Å². The van der Waals surface area contributed by atoms with Gasteiger partial charge in [-0.15, -0.1) is 0 Å². The lowest BCUT2D eigenvalue weighted by Gasteiger charge is -2.08. The molecule has 0 radical (unpaired) electrons. The van der Waals surface area contributed by atoms with E-state index in [4.69, 9.17) is 22.1 Å². The SMILES string of the molecule is Cc1ccc(Nc2nc(N)nc(COC(=O)c3ccc(Cl)cc3[N+](=O)[O-])n2)cc1. The van der Waals surface area contributed by atoms with Crippen LogP contribution < -0.4 is 11.1 Å². The van der Waals surface area contributed by atoms with Crippen LogP contribution in [0.15, 0.2) is 42.5 Å². The van der Waals surface area contributed by atoms with Crippen LogP contribution in [0.1, 0.15) is 21.7 Å². The summed E-state index contributed by atoms with van der Waals surface area (Å²) >= 11 is 5.74. The monoisotopic (exact) mass is 414 g/mol. The Hall–Kier alpha value is -3.79. The molecule has 0 unspecified atom stereocenters. The predicted molar refractivity (Wildman–Crippen MR) is 106 cm³/mol. The minimum Gasteiger partial charge on any atom is -0.454 e. The number of aromatic nitrogens is 3. The van der Waals surface area contributed by atoms with Gasteiger partial charge in [-0.2, -0.15) is 15.0 Å². The van der Waals surface area contributed by atoms with E-state index in [2.05, 4.69) is 20.3 Å². The summed E-state index contributed by atoms with van der Waals surface area (Å²) in [6.45, 7) is 1.61. The molecule has 0 aliphatic carbocycles. The average Bonchev–Trinajstić information content (AvgIpc) is 2.67. The van der Waals surface area contributed by atoms with Crippen LogP contribution in [0.2, 0.25) is 5.02 Å². The average molecular weight is 415 g/mol. The lowest BCUT2D eigenvalue weighted by molar-refractivity contribution is -0.385. The summed E-state index contributed by atoms with van der Waals surface area (Å²) in [7, 11) is 0. The highest BCUT2D eigenvalue weighted by Gasteiger charge is 2.22. The summed E-state index contributed by atoms with van der Waals surface area (Å²) in [5, 5.41) is 14.2. The highest BCUT2D eigenvalue weighted by atomic mass is 35.5. The van der Waals surface area contributed by atoms with Crippen LogP contribution in [0.3, 0.4) is 0 Å². The number of carbonyl (C=O) groups excluding carboxylic acids is 1. The molecule has 0 atom stereocenters. The molecular formula is C18H15ClN6O4. The van der Waals surface area contributed by atoms with Gasteiger partial charge in [0.2, 0.25) is 11.9 Å². The molecule has 10 nitrogen and oxygen atoms in total. The van der Waals surface area contributed by atoms with Gasteiger partial charge >= 0.3 is 5.97 Å². The first-order chi connectivity index (χ1) is 13.8. The van der Waals surface area contributed by atoms with Crippen molar-refractivity contribution in [2.24, 2.45) is 0 Å². The lowest BCUT2D eigenvalue weighted by Crippen LogP contribution is -2.12. The van der Waals surface area contributed by atoms with E-state index in [0.717, 1.165) is 17.3 Å². The minimum atomic E-state index is -0.916. The van der Waals surface area contributed by atoms with Crippen LogP contribution in [0.5, 0.6) is 0 Å². The molecular weight excluding hydrogens is 400 g/mol. The molecule has 0 bridgehead atoms. The zero-order valence-electron chi connectivity index (χ0n) is 15.1. The number of esters is 1. The molecule has 0 fully saturated rings. The quantitative estimate of drug-likeness (QED) is 0.351. The van der Waals surface area contributed by atoms with E-state index < -0.39 is 16.6 Å². The molecule has 0 spiro atoms. The smallest absolute Gasteiger partial charge is 0.345 e. The van der Waals surface area contributed by atoms with Crippen molar-refractivity contribution < 1.29 is 14.5 Å². The van der Waals surface area contributed by atoms with Gasteiger partial charge in [0.05, 0.1) is 4.92 Å². The maximum absolute atomic E-state index is 12.3. The third-order valence-electron chi connectivity index (χ3n) is 3.72. The van der Waals surface area contributed by atoms with Crippen molar-refractivity contribution in [3.63, 3.8) is 0 Å². The van der Waals surface area contributed by atoms with Gasteiger partial charge in [-0.05, 0) is 31.2 Å². The van der Waals surface area contributed by atoms with Gasteiger partial charge in [-0.1, -0.05) is 29.3 Å². The molecule has 29 heavy (non-hydrogen) atoms. The van der Waals surface area contributed by atoms with E-state index in [-0.39, 0.29) is 34.9 Å². The Bertz CT molecular complexity index is 1070. The Morgan fingerprint density at radius 3 is 2.62 bits per heavy atom. The molecule has 0 saturated heterocycles. The van der Waals surface area contributed by atoms with Gasteiger partial charge in [0, 0.05) is 16.8 Å². The number of hydrogen-bond acceptors (Lipinski definition) is 9. The van der Waals surface area contributed by atoms with Crippen molar-refractivity contribution in [3.05, 3.63) is 74.6 Å². The van der Waals surface area contributed by atoms with E-state index in [1.54, 1.807) is 0 Å². The highest BCUT2D eigenvalue weighted by molar-refractivity contribution is 6.31. The number of anilines is 3. The first-order valence-electron chi connectivity index (χ1n) is 8.27. The molecule has 3 N–H and O–H groups in total. The number of nitrogen functional groups attached to an aromatic ring is 1. The molecule has 0 amide bonds. The normalized spacial score (nSPS) is 10.4. The highest BCUT2D eigenvalue weighted by Crippen LogP contribution is 2.24. The van der Waals surface area contributed by atoms with Crippen molar-refractivity contribution >= 4 is 40.8 Å². The van der Waals surface area contributed by atoms with E-state index in [1.165, 1.54) is 12.1 Å². The summed E-state index contributed by atoms with van der Waals surface area (Å²) in [6.07, 6.45) is 0. The van der Waals surface area contributed by atoms with Gasteiger partial charge in [0.25, 0.3) is 5.69 Å². The molecule has 1 aromatic heterocycles. The molecule has 11 heteroatoms. The number of carbonyl (C=O) groups is 1. The van der Waals surface area contributed by atoms with Gasteiger partial charge < -0.3 is 15.8 Å². The summed E-state index contributed by atoms with van der Waals surface area (Å²) in [5.41, 5.74) is 6.82. The minimum absolute atomic E-state index is 0.0712. The molecule has 0 aliphatic rings. The Kier molecular flexibility index (Phi) is 5.84. The van der Waals surface area contributed by atoms with Crippen molar-refractivity contribution in [3.8, 4) is 0 Å². The number of halogens is 1. The van der Waals surface area contributed by atoms with E-state index in [0.29, 0.717) is 0 Å². The first kappa shape index (κ1) is 20.0. The standard InChI is InChI=1S/C18H15ClN6O4/c1-10-2-5-12(6-3-10)21-18-23-15(22-17(20)24-18)9-29-16(26)13-7-4-11(19)8-14(13)25(27)28/h2-8H,9H2,1H3,(H3,20,21,22,23,24). The molecule has 3 rings (SSSR count). The van der Waals surface area contributed by atoms with Gasteiger partial charge in [-0.3, -0.25) is 10.1 Å². The summed E-state index contributed by atoms with van der Waals surface area (Å²) in [5.74, 6) is -0.736. The van der Waals surface area contributed by atoms with Crippen LogP contribution in [0, 0.1) is 17.0 Å². The lowest BCUT2D eigenvalue weighted by atomic mass is 10.2. The van der Waals surface area contributed by atoms with Crippen LogP contribution in [-0.2, 0) is 11.3 Å². The number of ether oxygens (including phenoxy) is 1. The third kappa shape index (κ3) is 5.14. The molecule has 0 aliphatic heterocycles.